The van der Waals surface area contributed by atoms with Crippen LogP contribution in [0.5, 0.6) is 0 Å². The summed E-state index contributed by atoms with van der Waals surface area (Å²) in [6.45, 7) is 0. The van der Waals surface area contributed by atoms with Gasteiger partial charge in [0.05, 0.1) is 0 Å². The van der Waals surface area contributed by atoms with Crippen molar-refractivity contribution in [3.8, 4) is 0 Å². The average Bonchev–Trinajstić information content (AvgIpc) is 2.54. The van der Waals surface area contributed by atoms with Crippen LogP contribution in [0.2, 0.25) is 5.02 Å². The van der Waals surface area contributed by atoms with Crippen molar-refractivity contribution in [2.75, 3.05) is 5.32 Å². The molecule has 27 heavy (non-hydrogen) atoms. The first-order chi connectivity index (χ1) is 11.9. The summed E-state index contributed by atoms with van der Waals surface area (Å²) < 4.78 is 148. The highest BCUT2D eigenvalue weighted by Crippen LogP contribution is 2.69. The summed E-state index contributed by atoms with van der Waals surface area (Å²) >= 11 is 5.41. The molecule has 1 amide bonds. The van der Waals surface area contributed by atoms with Crippen molar-refractivity contribution in [1.29, 1.82) is 0 Å². The van der Waals surface area contributed by atoms with Crippen molar-refractivity contribution in [3.05, 3.63) is 29.3 Å². The van der Waals surface area contributed by atoms with Crippen LogP contribution < -0.4 is 5.32 Å². The first-order valence-corrected chi connectivity index (χ1v) is 6.92. The number of alkyl halides is 11. The third-order valence-corrected chi connectivity index (χ3v) is 4.11. The number of anilines is 1. The molecule has 0 unspecified atom stereocenters. The Kier molecular flexibility index (Phi) is 4.47. The van der Waals surface area contributed by atoms with Crippen LogP contribution in [0.15, 0.2) is 24.3 Å². The van der Waals surface area contributed by atoms with Gasteiger partial charge in [0.15, 0.2) is 0 Å². The van der Waals surface area contributed by atoms with E-state index in [9.17, 15) is 53.1 Å². The molecule has 0 atom stereocenters. The lowest BCUT2D eigenvalue weighted by Gasteiger charge is -2.51. The van der Waals surface area contributed by atoms with E-state index >= 15 is 0 Å². The van der Waals surface area contributed by atoms with Gasteiger partial charge in [-0.2, -0.15) is 43.9 Å². The van der Waals surface area contributed by atoms with Gasteiger partial charge in [0.1, 0.15) is 0 Å². The SMILES string of the molecule is O=C(Nc1ccc(Cl)cc1)C1(F)C(F)(F)C(F)(F)C(F)(F)C(F)(F)C1(F)F. The molecule has 152 valence electrons. The summed E-state index contributed by atoms with van der Waals surface area (Å²) in [7, 11) is 0. The fourth-order valence-corrected chi connectivity index (χ4v) is 2.38. The van der Waals surface area contributed by atoms with Crippen molar-refractivity contribution < 1.29 is 53.1 Å². The van der Waals surface area contributed by atoms with Gasteiger partial charge in [-0.15, -0.1) is 0 Å². The molecule has 1 aromatic carbocycles. The second-order valence-corrected chi connectivity index (χ2v) is 5.93. The molecule has 0 saturated heterocycles. The van der Waals surface area contributed by atoms with E-state index in [-0.39, 0.29) is 5.02 Å². The molecule has 1 saturated carbocycles. The number of halogens is 12. The highest BCUT2D eigenvalue weighted by molar-refractivity contribution is 6.30. The number of carbonyl (C=O) groups is 1. The molecule has 1 aliphatic carbocycles. The molecule has 2 nitrogen and oxygen atoms in total. The molecule has 1 aromatic rings. The van der Waals surface area contributed by atoms with Crippen LogP contribution >= 0.6 is 11.6 Å². The predicted molar refractivity (Wildman–Crippen MR) is 68.7 cm³/mol. The molecule has 1 aliphatic rings. The van der Waals surface area contributed by atoms with Gasteiger partial charge in [-0.05, 0) is 24.3 Å². The number of hydrogen-bond donors (Lipinski definition) is 1. The number of hydrogen-bond acceptors (Lipinski definition) is 1. The van der Waals surface area contributed by atoms with E-state index in [4.69, 9.17) is 11.6 Å². The lowest BCUT2D eigenvalue weighted by Crippen LogP contribution is -2.86. The second-order valence-electron chi connectivity index (χ2n) is 5.49. The molecular weight excluding hydrogens is 431 g/mol. The molecular formula is C13H5ClF11NO. The van der Waals surface area contributed by atoms with Crippen LogP contribution in [0.1, 0.15) is 0 Å². The fourth-order valence-electron chi connectivity index (χ4n) is 2.26. The number of carbonyl (C=O) groups excluding carboxylic acids is 1. The van der Waals surface area contributed by atoms with Crippen molar-refractivity contribution in [2.45, 2.75) is 35.3 Å². The number of nitrogens with one attached hydrogen (secondary N) is 1. The van der Waals surface area contributed by atoms with E-state index in [0.29, 0.717) is 12.1 Å². The minimum absolute atomic E-state index is 0.0611. The van der Waals surface area contributed by atoms with E-state index in [0.717, 1.165) is 17.4 Å². The standard InChI is InChI=1S/C13H5ClF11NO/c14-5-1-3-6(4-2-5)26-7(27)8(15)9(16,17)11(20,21)13(24,25)12(22,23)10(8,18)19/h1-4H,(H,26,27). The minimum Gasteiger partial charge on any atom is -0.323 e. The molecule has 1 fully saturated rings. The van der Waals surface area contributed by atoms with Crippen LogP contribution in [0.3, 0.4) is 0 Å². The van der Waals surface area contributed by atoms with Gasteiger partial charge in [-0.1, -0.05) is 11.6 Å². The molecule has 0 spiro atoms. The molecule has 1 N–H and O–H groups in total. The Labute approximate surface area is 147 Å². The highest BCUT2D eigenvalue weighted by atomic mass is 35.5. The Balaban J connectivity index is 2.66. The Morgan fingerprint density at radius 2 is 1.00 bits per heavy atom. The zero-order valence-electron chi connectivity index (χ0n) is 12.3. The van der Waals surface area contributed by atoms with Crippen molar-refractivity contribution in [2.24, 2.45) is 0 Å². The molecule has 0 bridgehead atoms. The Morgan fingerprint density at radius 3 is 1.37 bits per heavy atom. The summed E-state index contributed by atoms with van der Waals surface area (Å²) in [4.78, 5) is 11.6. The van der Waals surface area contributed by atoms with Crippen LogP contribution in [0.4, 0.5) is 54.0 Å². The molecule has 2 rings (SSSR count). The highest BCUT2D eigenvalue weighted by Gasteiger charge is 3.02. The quantitative estimate of drug-likeness (QED) is 0.638. The van der Waals surface area contributed by atoms with Gasteiger partial charge >= 0.3 is 35.3 Å². The van der Waals surface area contributed by atoms with Crippen LogP contribution in [-0.4, -0.2) is 41.2 Å². The van der Waals surface area contributed by atoms with E-state index in [1.807, 2.05) is 0 Å². The van der Waals surface area contributed by atoms with Crippen molar-refractivity contribution >= 4 is 23.2 Å². The normalized spacial score (nSPS) is 26.2. The average molecular weight is 436 g/mol. The number of amides is 1. The second kappa shape index (κ2) is 5.61. The monoisotopic (exact) mass is 435 g/mol. The van der Waals surface area contributed by atoms with E-state index < -0.39 is 46.9 Å². The summed E-state index contributed by atoms with van der Waals surface area (Å²) in [6.07, 6.45) is 0. The number of rotatable bonds is 2. The van der Waals surface area contributed by atoms with Gasteiger partial charge in [0.25, 0.3) is 5.91 Å². The predicted octanol–water partition coefficient (Wildman–Crippen LogP) is 5.18. The summed E-state index contributed by atoms with van der Waals surface area (Å²) in [5.74, 6) is -39.9. The number of benzene rings is 1. The Bertz CT molecular complexity index is 732. The van der Waals surface area contributed by atoms with Crippen LogP contribution in [0, 0.1) is 0 Å². The molecule has 0 aliphatic heterocycles. The lowest BCUT2D eigenvalue weighted by atomic mass is 9.71. The van der Waals surface area contributed by atoms with Gasteiger partial charge in [0.2, 0.25) is 0 Å². The smallest absolute Gasteiger partial charge is 0.323 e. The largest absolute Gasteiger partial charge is 0.384 e. The van der Waals surface area contributed by atoms with Gasteiger partial charge in [0, 0.05) is 10.7 Å². The third kappa shape index (κ3) is 2.29. The maximum Gasteiger partial charge on any atom is 0.384 e. The fraction of sp³-hybridized carbons (Fsp3) is 0.462. The van der Waals surface area contributed by atoms with Crippen molar-refractivity contribution in [3.63, 3.8) is 0 Å². The van der Waals surface area contributed by atoms with E-state index in [2.05, 4.69) is 0 Å². The van der Waals surface area contributed by atoms with Gasteiger partial charge < -0.3 is 5.32 Å². The first kappa shape index (κ1) is 21.5. The van der Waals surface area contributed by atoms with Crippen LogP contribution in [-0.2, 0) is 4.79 Å². The maximum absolute atomic E-state index is 14.4. The molecule has 0 aromatic heterocycles. The zero-order chi connectivity index (χ0) is 21.3. The van der Waals surface area contributed by atoms with Gasteiger partial charge in [-0.25, -0.2) is 4.39 Å². The summed E-state index contributed by atoms with van der Waals surface area (Å²) in [5, 5.41) is 0.888. The van der Waals surface area contributed by atoms with E-state index in [1.165, 1.54) is 0 Å². The van der Waals surface area contributed by atoms with Crippen molar-refractivity contribution in [1.82, 2.24) is 0 Å². The first-order valence-electron chi connectivity index (χ1n) is 6.54. The van der Waals surface area contributed by atoms with Crippen LogP contribution in [0.25, 0.3) is 0 Å². The molecule has 0 radical (unpaired) electrons. The molecule has 14 heteroatoms. The molecule has 0 heterocycles. The summed E-state index contributed by atoms with van der Waals surface area (Å²) in [5.41, 5.74) is -7.52. The topological polar surface area (TPSA) is 29.1 Å². The van der Waals surface area contributed by atoms with Gasteiger partial charge in [-0.3, -0.25) is 4.79 Å². The Hall–Kier alpha value is -1.79. The summed E-state index contributed by atoms with van der Waals surface area (Å²) in [6, 6.07) is 3.17. The Morgan fingerprint density at radius 1 is 0.667 bits per heavy atom. The lowest BCUT2D eigenvalue weighted by molar-refractivity contribution is -0.475. The maximum atomic E-state index is 14.4. The third-order valence-electron chi connectivity index (χ3n) is 3.86. The zero-order valence-corrected chi connectivity index (χ0v) is 13.0. The van der Waals surface area contributed by atoms with E-state index in [1.54, 1.807) is 0 Å². The minimum atomic E-state index is -7.37.